The van der Waals surface area contributed by atoms with Gasteiger partial charge in [0, 0.05) is 17.4 Å². The van der Waals surface area contributed by atoms with E-state index in [0.29, 0.717) is 30.4 Å². The topological polar surface area (TPSA) is 82.0 Å². The van der Waals surface area contributed by atoms with Crippen LogP contribution in [0, 0.1) is 0 Å². The normalized spacial score (nSPS) is 13.1. The van der Waals surface area contributed by atoms with E-state index in [1.807, 2.05) is 43.3 Å². The van der Waals surface area contributed by atoms with Crippen molar-refractivity contribution in [2.45, 2.75) is 26.2 Å². The molecule has 1 aromatic heterocycles. The first-order valence-corrected chi connectivity index (χ1v) is 9.33. The van der Waals surface area contributed by atoms with Crippen LogP contribution < -0.4 is 20.1 Å². The van der Waals surface area contributed by atoms with Gasteiger partial charge in [-0.2, -0.15) is 0 Å². The Morgan fingerprint density at radius 1 is 1.03 bits per heavy atom. The average molecular weight is 394 g/mol. The molecule has 1 aliphatic heterocycles. The minimum Gasteiger partial charge on any atom is -0.467 e. The third-order valence-corrected chi connectivity index (χ3v) is 4.44. The van der Waals surface area contributed by atoms with Crippen molar-refractivity contribution >= 4 is 17.3 Å². The van der Waals surface area contributed by atoms with Crippen LogP contribution in [-0.4, -0.2) is 18.7 Å². The largest absolute Gasteiger partial charge is 0.467 e. The number of amides is 1. The van der Waals surface area contributed by atoms with Gasteiger partial charge in [0.15, 0.2) is 11.5 Å². The van der Waals surface area contributed by atoms with Crippen molar-refractivity contribution in [3.05, 3.63) is 72.2 Å². The molecule has 1 amide bonds. The second-order valence-electron chi connectivity index (χ2n) is 6.70. The average Bonchev–Trinajstić information content (AvgIpc) is 3.39. The zero-order valence-electron chi connectivity index (χ0n) is 16.0. The van der Waals surface area contributed by atoms with Crippen molar-refractivity contribution in [3.8, 4) is 11.5 Å². The second kappa shape index (κ2) is 8.70. The van der Waals surface area contributed by atoms with E-state index in [-0.39, 0.29) is 12.7 Å². The lowest BCUT2D eigenvalue weighted by molar-refractivity contribution is -0.116. The molecule has 7 heteroatoms. The Balaban J connectivity index is 1.30. The molecule has 2 N–H and O–H groups in total. The molecule has 2 heterocycles. The molecule has 0 saturated heterocycles. The van der Waals surface area contributed by atoms with Gasteiger partial charge in [-0.3, -0.25) is 4.79 Å². The summed E-state index contributed by atoms with van der Waals surface area (Å²) in [6, 6.07) is 16.4. The van der Waals surface area contributed by atoms with Gasteiger partial charge < -0.3 is 29.3 Å². The second-order valence-corrected chi connectivity index (χ2v) is 6.70. The van der Waals surface area contributed by atoms with Gasteiger partial charge in [-0.05, 0) is 48.9 Å². The fraction of sp³-hybridized carbons (Fsp3) is 0.227. The van der Waals surface area contributed by atoms with Gasteiger partial charge in [-0.25, -0.2) is 0 Å². The van der Waals surface area contributed by atoms with Crippen LogP contribution in [0.25, 0.3) is 0 Å². The summed E-state index contributed by atoms with van der Waals surface area (Å²) in [7, 11) is 0. The maximum atomic E-state index is 12.5. The molecule has 150 valence electrons. The molecule has 0 aliphatic carbocycles. The molecule has 0 spiro atoms. The maximum absolute atomic E-state index is 12.5. The summed E-state index contributed by atoms with van der Waals surface area (Å²) in [5, 5.41) is 6.10. The summed E-state index contributed by atoms with van der Waals surface area (Å²) in [6.45, 7) is 2.88. The van der Waals surface area contributed by atoms with E-state index in [0.717, 1.165) is 17.0 Å². The summed E-state index contributed by atoms with van der Waals surface area (Å²) in [6.07, 6.45) is 1.62. The molecule has 1 unspecified atom stereocenters. The minimum absolute atomic E-state index is 0.150. The quantitative estimate of drug-likeness (QED) is 0.597. The Morgan fingerprint density at radius 3 is 2.79 bits per heavy atom. The van der Waals surface area contributed by atoms with Crippen LogP contribution in [0.1, 0.15) is 18.2 Å². The van der Waals surface area contributed by atoms with Gasteiger partial charge in [0.05, 0.1) is 12.9 Å². The summed E-state index contributed by atoms with van der Waals surface area (Å²) in [5.74, 6) is 1.95. The van der Waals surface area contributed by atoms with Gasteiger partial charge >= 0.3 is 0 Å². The SMILES string of the molecule is CC(Nc1cccc(COCc2ccco2)c1)C(=O)Nc1ccc2c(c1)OCO2. The molecular weight excluding hydrogens is 372 g/mol. The van der Waals surface area contributed by atoms with E-state index in [9.17, 15) is 4.79 Å². The number of rotatable bonds is 8. The van der Waals surface area contributed by atoms with Crippen molar-refractivity contribution in [2.24, 2.45) is 0 Å². The van der Waals surface area contributed by atoms with E-state index in [4.69, 9.17) is 18.6 Å². The molecule has 4 rings (SSSR count). The third-order valence-electron chi connectivity index (χ3n) is 4.44. The molecule has 0 saturated carbocycles. The molecule has 7 nitrogen and oxygen atoms in total. The Bertz CT molecular complexity index is 971. The fourth-order valence-corrected chi connectivity index (χ4v) is 2.96. The van der Waals surface area contributed by atoms with E-state index in [1.54, 1.807) is 24.5 Å². The molecule has 0 fully saturated rings. The van der Waals surface area contributed by atoms with Crippen molar-refractivity contribution < 1.29 is 23.4 Å². The van der Waals surface area contributed by atoms with Crippen LogP contribution in [0.3, 0.4) is 0 Å². The molecule has 1 aliphatic rings. The number of carbonyl (C=O) groups excluding carboxylic acids is 1. The van der Waals surface area contributed by atoms with Gasteiger partial charge in [0.1, 0.15) is 18.4 Å². The Labute approximate surface area is 168 Å². The molecule has 1 atom stereocenters. The highest BCUT2D eigenvalue weighted by molar-refractivity contribution is 5.96. The van der Waals surface area contributed by atoms with Crippen molar-refractivity contribution in [1.29, 1.82) is 0 Å². The molecule has 29 heavy (non-hydrogen) atoms. The van der Waals surface area contributed by atoms with Gasteiger partial charge in [-0.1, -0.05) is 12.1 Å². The first-order valence-electron chi connectivity index (χ1n) is 9.33. The zero-order chi connectivity index (χ0) is 20.1. The van der Waals surface area contributed by atoms with E-state index in [1.165, 1.54) is 0 Å². The monoisotopic (exact) mass is 394 g/mol. The highest BCUT2D eigenvalue weighted by atomic mass is 16.7. The van der Waals surface area contributed by atoms with Crippen molar-refractivity contribution in [1.82, 2.24) is 0 Å². The number of benzene rings is 2. The summed E-state index contributed by atoms with van der Waals surface area (Å²) in [5.41, 5.74) is 2.51. The lowest BCUT2D eigenvalue weighted by Crippen LogP contribution is -2.31. The fourth-order valence-electron chi connectivity index (χ4n) is 2.96. The van der Waals surface area contributed by atoms with E-state index >= 15 is 0 Å². The molecular formula is C22H22N2O5. The summed E-state index contributed by atoms with van der Waals surface area (Å²) < 4.78 is 21.5. The smallest absolute Gasteiger partial charge is 0.246 e. The Kier molecular flexibility index (Phi) is 5.67. The number of carbonyl (C=O) groups is 1. The van der Waals surface area contributed by atoms with Crippen LogP contribution in [-0.2, 0) is 22.7 Å². The van der Waals surface area contributed by atoms with Crippen LogP contribution in [0.4, 0.5) is 11.4 Å². The zero-order valence-corrected chi connectivity index (χ0v) is 16.0. The van der Waals surface area contributed by atoms with Crippen molar-refractivity contribution in [2.75, 3.05) is 17.4 Å². The molecule has 2 aromatic carbocycles. The lowest BCUT2D eigenvalue weighted by Gasteiger charge is -2.16. The number of furan rings is 1. The predicted octanol–water partition coefficient (Wildman–Crippen LogP) is 4.16. The molecule has 0 radical (unpaired) electrons. The van der Waals surface area contributed by atoms with Crippen LogP contribution in [0.15, 0.2) is 65.3 Å². The first-order chi connectivity index (χ1) is 14.2. The highest BCUT2D eigenvalue weighted by Gasteiger charge is 2.17. The van der Waals surface area contributed by atoms with Crippen LogP contribution >= 0.6 is 0 Å². The Morgan fingerprint density at radius 2 is 1.93 bits per heavy atom. The summed E-state index contributed by atoms with van der Waals surface area (Å²) in [4.78, 5) is 12.5. The number of ether oxygens (including phenoxy) is 3. The number of hydrogen-bond donors (Lipinski definition) is 2. The van der Waals surface area contributed by atoms with E-state index < -0.39 is 6.04 Å². The molecule has 0 bridgehead atoms. The van der Waals surface area contributed by atoms with Gasteiger partial charge in [0.2, 0.25) is 12.7 Å². The highest BCUT2D eigenvalue weighted by Crippen LogP contribution is 2.34. The first kappa shape index (κ1) is 18.9. The number of fused-ring (bicyclic) bond motifs is 1. The predicted molar refractivity (Wildman–Crippen MR) is 108 cm³/mol. The lowest BCUT2D eigenvalue weighted by atomic mass is 10.2. The van der Waals surface area contributed by atoms with Crippen molar-refractivity contribution in [3.63, 3.8) is 0 Å². The van der Waals surface area contributed by atoms with Gasteiger partial charge in [-0.15, -0.1) is 0 Å². The van der Waals surface area contributed by atoms with E-state index in [2.05, 4.69) is 10.6 Å². The number of nitrogens with one attached hydrogen (secondary N) is 2. The van der Waals surface area contributed by atoms with Crippen LogP contribution in [0.5, 0.6) is 11.5 Å². The van der Waals surface area contributed by atoms with Gasteiger partial charge in [0.25, 0.3) is 0 Å². The number of hydrogen-bond acceptors (Lipinski definition) is 6. The Hall–Kier alpha value is -3.45. The maximum Gasteiger partial charge on any atom is 0.246 e. The number of anilines is 2. The van der Waals surface area contributed by atoms with Crippen LogP contribution in [0.2, 0.25) is 0 Å². The summed E-state index contributed by atoms with van der Waals surface area (Å²) >= 11 is 0. The standard InChI is InChI=1S/C22H22N2O5/c1-15(22(25)24-18-7-8-20-21(11-18)29-14-28-20)23-17-5-2-4-16(10-17)12-26-13-19-6-3-9-27-19/h2-11,15,23H,12-14H2,1H3,(H,24,25). The molecule has 3 aromatic rings. The third kappa shape index (κ3) is 4.89. The minimum atomic E-state index is -0.431.